The number of benzene rings is 2. The molecule has 0 fully saturated rings. The molecule has 46 heavy (non-hydrogen) atoms. The zero-order valence-corrected chi connectivity index (χ0v) is 27.3. The van der Waals surface area contributed by atoms with Crippen molar-refractivity contribution in [3.8, 4) is 28.7 Å². The van der Waals surface area contributed by atoms with Crippen molar-refractivity contribution in [2.45, 2.75) is 33.7 Å². The van der Waals surface area contributed by atoms with E-state index >= 15 is 0 Å². The molecule has 0 unspecified atom stereocenters. The van der Waals surface area contributed by atoms with Crippen LogP contribution in [0, 0.1) is 0 Å². The Balaban J connectivity index is 1.92. The second kappa shape index (κ2) is 14.8. The molecule has 3 aromatic rings. The Morgan fingerprint density at radius 2 is 1.65 bits per heavy atom. The van der Waals surface area contributed by atoms with Gasteiger partial charge in [-0.05, 0) is 62.2 Å². The van der Waals surface area contributed by atoms with Crippen LogP contribution in [0.15, 0.2) is 51.4 Å². The molecule has 0 amide bonds. The molecule has 244 valence electrons. The van der Waals surface area contributed by atoms with E-state index in [1.165, 1.54) is 32.8 Å². The largest absolute Gasteiger partial charge is 0.493 e. The molecule has 13 nitrogen and oxygen atoms in total. The van der Waals surface area contributed by atoms with Gasteiger partial charge < -0.3 is 33.2 Å². The molecule has 1 aliphatic rings. The first-order valence-electron chi connectivity index (χ1n) is 14.2. The van der Waals surface area contributed by atoms with Crippen molar-refractivity contribution in [1.29, 1.82) is 0 Å². The fourth-order valence-electron chi connectivity index (χ4n) is 4.76. The summed E-state index contributed by atoms with van der Waals surface area (Å²) in [6.07, 6.45) is 1.63. The highest BCUT2D eigenvalue weighted by Gasteiger charge is 2.34. The number of methoxy groups -OCH3 is 3. The molecule has 0 saturated heterocycles. The number of nitrogens with zero attached hydrogens (tertiary/aromatic N) is 2. The van der Waals surface area contributed by atoms with Gasteiger partial charge in [-0.2, -0.15) is 0 Å². The van der Waals surface area contributed by atoms with Gasteiger partial charge in [0.25, 0.3) is 5.56 Å². The van der Waals surface area contributed by atoms with E-state index < -0.39 is 29.5 Å². The van der Waals surface area contributed by atoms with Crippen LogP contribution < -0.4 is 38.6 Å². The molecular weight excluding hydrogens is 620 g/mol. The van der Waals surface area contributed by atoms with Gasteiger partial charge in [0, 0.05) is 6.92 Å². The van der Waals surface area contributed by atoms with E-state index in [1.807, 2.05) is 0 Å². The highest BCUT2D eigenvalue weighted by atomic mass is 32.1. The Hall–Kier alpha value is -5.11. The average Bonchev–Trinajstić information content (AvgIpc) is 3.33. The molecule has 0 spiro atoms. The lowest BCUT2D eigenvalue weighted by Crippen LogP contribution is -2.40. The number of rotatable bonds is 12. The van der Waals surface area contributed by atoms with Crippen molar-refractivity contribution in [2.75, 3.05) is 41.2 Å². The SMILES string of the molecule is CCOC(=O)C1=C(C)N=c2s/c(=C/c3cc(OC)c(OC(C)=O)c(OC)c3)c(=O)n2[C@H]1c1ccc(OCC(=O)OC)c(OCC)c1. The second-order valence-electron chi connectivity index (χ2n) is 9.65. The van der Waals surface area contributed by atoms with E-state index in [2.05, 4.69) is 9.73 Å². The van der Waals surface area contributed by atoms with Crippen molar-refractivity contribution in [2.24, 2.45) is 4.99 Å². The first-order chi connectivity index (χ1) is 22.1. The number of thiazole rings is 1. The fourth-order valence-corrected chi connectivity index (χ4v) is 5.81. The molecule has 1 aliphatic heterocycles. The van der Waals surface area contributed by atoms with Gasteiger partial charge >= 0.3 is 17.9 Å². The van der Waals surface area contributed by atoms with Gasteiger partial charge in [-0.25, -0.2) is 14.6 Å². The van der Waals surface area contributed by atoms with Gasteiger partial charge in [-0.1, -0.05) is 17.4 Å². The fraction of sp³-hybridized carbons (Fsp3) is 0.344. The Labute approximate surface area is 268 Å². The summed E-state index contributed by atoms with van der Waals surface area (Å²) in [6.45, 7) is 6.47. The monoisotopic (exact) mass is 654 g/mol. The lowest BCUT2D eigenvalue weighted by molar-refractivity contribution is -0.143. The van der Waals surface area contributed by atoms with E-state index in [0.29, 0.717) is 31.9 Å². The van der Waals surface area contributed by atoms with Crippen LogP contribution in [0.2, 0.25) is 0 Å². The predicted octanol–water partition coefficient (Wildman–Crippen LogP) is 2.69. The average molecular weight is 655 g/mol. The molecule has 0 aliphatic carbocycles. The van der Waals surface area contributed by atoms with Crippen molar-refractivity contribution < 1.29 is 47.5 Å². The minimum absolute atomic E-state index is 0.106. The summed E-state index contributed by atoms with van der Waals surface area (Å²) in [4.78, 5) is 55.7. The lowest BCUT2D eigenvalue weighted by Gasteiger charge is -2.25. The lowest BCUT2D eigenvalue weighted by atomic mass is 9.95. The number of esters is 3. The maximum atomic E-state index is 14.1. The number of allylic oxidation sites excluding steroid dienone is 1. The van der Waals surface area contributed by atoms with Gasteiger partial charge in [0.15, 0.2) is 34.4 Å². The van der Waals surface area contributed by atoms with Crippen molar-refractivity contribution >= 4 is 35.3 Å². The van der Waals surface area contributed by atoms with Gasteiger partial charge in [-0.3, -0.25) is 14.2 Å². The first-order valence-corrected chi connectivity index (χ1v) is 15.0. The van der Waals surface area contributed by atoms with Gasteiger partial charge in [0.05, 0.1) is 56.4 Å². The third-order valence-corrected chi connectivity index (χ3v) is 7.68. The van der Waals surface area contributed by atoms with E-state index in [-0.39, 0.29) is 48.4 Å². The summed E-state index contributed by atoms with van der Waals surface area (Å²) in [5.74, 6) is -0.607. The summed E-state index contributed by atoms with van der Waals surface area (Å²) < 4.78 is 39.3. The summed E-state index contributed by atoms with van der Waals surface area (Å²) in [6, 6.07) is 7.21. The Kier molecular flexibility index (Phi) is 10.9. The third kappa shape index (κ3) is 7.07. The van der Waals surface area contributed by atoms with E-state index in [0.717, 1.165) is 11.3 Å². The van der Waals surface area contributed by atoms with E-state index in [9.17, 15) is 19.2 Å². The highest BCUT2D eigenvalue weighted by molar-refractivity contribution is 7.07. The van der Waals surface area contributed by atoms with Crippen LogP contribution in [-0.2, 0) is 23.9 Å². The van der Waals surface area contributed by atoms with Crippen molar-refractivity contribution in [3.05, 3.63) is 72.4 Å². The topological polar surface area (TPSA) is 150 Å². The zero-order valence-electron chi connectivity index (χ0n) is 26.5. The number of aromatic nitrogens is 1. The van der Waals surface area contributed by atoms with Gasteiger partial charge in [0.2, 0.25) is 5.75 Å². The molecule has 2 heterocycles. The summed E-state index contributed by atoms with van der Waals surface area (Å²) in [7, 11) is 4.09. The molecule has 0 saturated carbocycles. The van der Waals surface area contributed by atoms with Crippen LogP contribution in [0.4, 0.5) is 0 Å². The van der Waals surface area contributed by atoms with E-state index in [1.54, 1.807) is 57.2 Å². The third-order valence-electron chi connectivity index (χ3n) is 6.70. The number of hydrogen-bond donors (Lipinski definition) is 0. The number of fused-ring (bicyclic) bond motifs is 1. The molecule has 1 aromatic heterocycles. The number of carbonyl (C=O) groups excluding carboxylic acids is 3. The molecule has 2 aromatic carbocycles. The summed E-state index contributed by atoms with van der Waals surface area (Å²) in [5.41, 5.74) is 1.19. The molecular formula is C32H34N2O11S. The molecule has 0 radical (unpaired) electrons. The van der Waals surface area contributed by atoms with Gasteiger partial charge in [-0.15, -0.1) is 0 Å². The molecule has 14 heteroatoms. The first kappa shape index (κ1) is 33.8. The van der Waals surface area contributed by atoms with Crippen LogP contribution in [0.1, 0.15) is 44.9 Å². The smallest absolute Gasteiger partial charge is 0.343 e. The Morgan fingerprint density at radius 3 is 2.24 bits per heavy atom. The maximum Gasteiger partial charge on any atom is 0.343 e. The summed E-state index contributed by atoms with van der Waals surface area (Å²) in [5, 5.41) is 0. The molecule has 0 N–H and O–H groups in total. The van der Waals surface area contributed by atoms with Gasteiger partial charge in [0.1, 0.15) is 0 Å². The standard InChI is InChI=1S/C32H34N2O11S/c1-8-42-22-15-20(10-11-21(22)44-16-26(36)41-7)28-27(31(38)43-9-2)17(3)33-32-34(28)30(37)25(46-32)14-19-12-23(39-5)29(45-18(4)35)24(13-19)40-6/h10-15,28H,8-9,16H2,1-7H3/b25-14+/t28-/m0/s1. The van der Waals surface area contributed by atoms with Crippen molar-refractivity contribution in [3.63, 3.8) is 0 Å². The maximum absolute atomic E-state index is 14.1. The minimum Gasteiger partial charge on any atom is -0.493 e. The number of ether oxygens (including phenoxy) is 7. The number of carbonyl (C=O) groups is 3. The Bertz CT molecular complexity index is 1850. The second-order valence-corrected chi connectivity index (χ2v) is 10.7. The quantitative estimate of drug-likeness (QED) is 0.210. The highest BCUT2D eigenvalue weighted by Crippen LogP contribution is 2.39. The normalized spacial score (nSPS) is 14.2. The van der Waals surface area contributed by atoms with Crippen LogP contribution in [0.3, 0.4) is 0 Å². The molecule has 1 atom stereocenters. The Morgan fingerprint density at radius 1 is 0.957 bits per heavy atom. The molecule has 4 rings (SSSR count). The van der Waals surface area contributed by atoms with E-state index in [4.69, 9.17) is 28.4 Å². The zero-order chi connectivity index (χ0) is 33.5. The predicted molar refractivity (Wildman–Crippen MR) is 166 cm³/mol. The summed E-state index contributed by atoms with van der Waals surface area (Å²) >= 11 is 1.13. The van der Waals surface area contributed by atoms with Crippen LogP contribution in [-0.4, -0.2) is 63.6 Å². The molecule has 0 bridgehead atoms. The van der Waals surface area contributed by atoms with Crippen LogP contribution in [0.25, 0.3) is 6.08 Å². The van der Waals surface area contributed by atoms with Crippen LogP contribution in [0.5, 0.6) is 28.7 Å². The van der Waals surface area contributed by atoms with Crippen LogP contribution >= 0.6 is 11.3 Å². The van der Waals surface area contributed by atoms with Crippen molar-refractivity contribution in [1.82, 2.24) is 4.57 Å². The number of hydrogen-bond acceptors (Lipinski definition) is 13. The minimum atomic E-state index is -0.929.